The smallest absolute Gasteiger partial charge is 0.0704 e. The van der Waals surface area contributed by atoms with Gasteiger partial charge in [0.1, 0.15) is 0 Å². The lowest BCUT2D eigenvalue weighted by Crippen LogP contribution is -2.12. The monoisotopic (exact) mass is 288 g/mol. The number of aromatic nitrogens is 1. The average molecular weight is 289 g/mol. The Morgan fingerprint density at radius 3 is 2.84 bits per heavy atom. The van der Waals surface area contributed by atoms with E-state index in [0.717, 1.165) is 27.2 Å². The van der Waals surface area contributed by atoms with E-state index in [4.69, 9.17) is 17.3 Å². The summed E-state index contributed by atoms with van der Waals surface area (Å²) in [6.45, 7) is 0. The third-order valence-corrected chi connectivity index (χ3v) is 4.65. The van der Waals surface area contributed by atoms with Crippen LogP contribution in [-0.4, -0.2) is 4.98 Å². The molecule has 2 nitrogen and oxygen atoms in total. The number of thiophene rings is 1. The maximum Gasteiger partial charge on any atom is 0.0704 e. The average Bonchev–Trinajstić information content (AvgIpc) is 2.85. The van der Waals surface area contributed by atoms with Gasteiger partial charge in [-0.3, -0.25) is 4.98 Å². The van der Waals surface area contributed by atoms with Gasteiger partial charge in [-0.2, -0.15) is 0 Å². The number of halogens is 1. The topological polar surface area (TPSA) is 38.9 Å². The molecule has 0 aliphatic rings. The highest BCUT2D eigenvalue weighted by Crippen LogP contribution is 2.30. The van der Waals surface area contributed by atoms with E-state index in [9.17, 15) is 0 Å². The van der Waals surface area contributed by atoms with Crippen LogP contribution in [-0.2, 0) is 6.42 Å². The zero-order valence-corrected chi connectivity index (χ0v) is 11.8. The van der Waals surface area contributed by atoms with Crippen molar-refractivity contribution in [1.29, 1.82) is 0 Å². The zero-order valence-electron chi connectivity index (χ0n) is 10.2. The highest BCUT2D eigenvalue weighted by Gasteiger charge is 2.13. The Labute approximate surface area is 120 Å². The van der Waals surface area contributed by atoms with E-state index in [2.05, 4.69) is 11.1 Å². The van der Waals surface area contributed by atoms with Crippen LogP contribution in [0.5, 0.6) is 0 Å². The van der Waals surface area contributed by atoms with Crippen LogP contribution in [0.15, 0.2) is 48.0 Å². The Bertz CT molecular complexity index is 703. The van der Waals surface area contributed by atoms with Gasteiger partial charge in [-0.1, -0.05) is 29.8 Å². The van der Waals surface area contributed by atoms with E-state index < -0.39 is 0 Å². The van der Waals surface area contributed by atoms with Crippen molar-refractivity contribution in [3.8, 4) is 0 Å². The molecule has 2 N–H and O–H groups in total. The van der Waals surface area contributed by atoms with Crippen LogP contribution >= 0.6 is 22.9 Å². The SMILES string of the molecule is NC(Cc1ccnc2ccccc12)c1sccc1Cl. The van der Waals surface area contributed by atoms with Gasteiger partial charge in [0.05, 0.1) is 10.5 Å². The first-order valence-corrected chi connectivity index (χ1v) is 7.32. The Morgan fingerprint density at radius 1 is 1.21 bits per heavy atom. The van der Waals surface area contributed by atoms with E-state index in [1.165, 1.54) is 5.56 Å². The summed E-state index contributed by atoms with van der Waals surface area (Å²) >= 11 is 7.75. The molecule has 3 aromatic rings. The lowest BCUT2D eigenvalue weighted by Gasteiger charge is -2.12. The van der Waals surface area contributed by atoms with Crippen molar-refractivity contribution in [3.63, 3.8) is 0 Å². The summed E-state index contributed by atoms with van der Waals surface area (Å²) in [6.07, 6.45) is 2.60. The van der Waals surface area contributed by atoms with Crippen LogP contribution in [0.2, 0.25) is 5.02 Å². The molecule has 2 aromatic heterocycles. The number of rotatable bonds is 3. The number of para-hydroxylation sites is 1. The maximum atomic E-state index is 6.27. The van der Waals surface area contributed by atoms with Gasteiger partial charge in [-0.25, -0.2) is 0 Å². The summed E-state index contributed by atoms with van der Waals surface area (Å²) in [5.74, 6) is 0. The predicted molar refractivity (Wildman–Crippen MR) is 81.7 cm³/mol. The van der Waals surface area contributed by atoms with Crippen LogP contribution in [0.4, 0.5) is 0 Å². The van der Waals surface area contributed by atoms with Crippen molar-refractivity contribution in [1.82, 2.24) is 4.98 Å². The molecule has 1 atom stereocenters. The van der Waals surface area contributed by atoms with E-state index in [1.807, 2.05) is 41.9 Å². The fourth-order valence-electron chi connectivity index (χ4n) is 2.23. The van der Waals surface area contributed by atoms with Crippen LogP contribution in [0.25, 0.3) is 10.9 Å². The molecule has 0 bridgehead atoms. The van der Waals surface area contributed by atoms with Crippen molar-refractivity contribution >= 4 is 33.8 Å². The van der Waals surface area contributed by atoms with Crippen molar-refractivity contribution in [2.45, 2.75) is 12.5 Å². The van der Waals surface area contributed by atoms with Gasteiger partial charge in [-0.05, 0) is 35.6 Å². The molecule has 2 heterocycles. The number of fused-ring (bicyclic) bond motifs is 1. The van der Waals surface area contributed by atoms with E-state index in [0.29, 0.717) is 0 Å². The molecule has 1 unspecified atom stereocenters. The fourth-order valence-corrected chi connectivity index (χ4v) is 3.43. The molecule has 1 aromatic carbocycles. The Balaban J connectivity index is 1.96. The van der Waals surface area contributed by atoms with Crippen LogP contribution in [0.1, 0.15) is 16.5 Å². The normalized spacial score (nSPS) is 12.7. The van der Waals surface area contributed by atoms with Gasteiger partial charge >= 0.3 is 0 Å². The van der Waals surface area contributed by atoms with E-state index in [-0.39, 0.29) is 6.04 Å². The first-order valence-electron chi connectivity index (χ1n) is 6.07. The molecule has 0 radical (unpaired) electrons. The fraction of sp³-hybridized carbons (Fsp3) is 0.133. The minimum absolute atomic E-state index is 0.0710. The Morgan fingerprint density at radius 2 is 2.05 bits per heavy atom. The van der Waals surface area contributed by atoms with Crippen molar-refractivity contribution < 1.29 is 0 Å². The second kappa shape index (κ2) is 5.29. The van der Waals surface area contributed by atoms with Crippen molar-refractivity contribution in [3.05, 3.63) is 63.4 Å². The van der Waals surface area contributed by atoms with Crippen LogP contribution < -0.4 is 5.73 Å². The molecule has 96 valence electrons. The van der Waals surface area contributed by atoms with Gasteiger partial charge in [0.15, 0.2) is 0 Å². The number of nitrogens with zero attached hydrogens (tertiary/aromatic N) is 1. The highest BCUT2D eigenvalue weighted by molar-refractivity contribution is 7.10. The molecule has 0 spiro atoms. The predicted octanol–water partition coefficient (Wildman–Crippen LogP) is 4.19. The molecule has 3 rings (SSSR count). The quantitative estimate of drug-likeness (QED) is 0.785. The minimum Gasteiger partial charge on any atom is -0.323 e. The molecule has 0 saturated carbocycles. The van der Waals surface area contributed by atoms with E-state index in [1.54, 1.807) is 11.3 Å². The number of pyridine rings is 1. The summed E-state index contributed by atoms with van der Waals surface area (Å²) in [4.78, 5) is 5.41. The molecular weight excluding hydrogens is 276 g/mol. The molecule has 0 amide bonds. The van der Waals surface area contributed by atoms with Gasteiger partial charge in [0.2, 0.25) is 0 Å². The first-order chi connectivity index (χ1) is 9.25. The molecule has 0 fully saturated rings. The van der Waals surface area contributed by atoms with Gasteiger partial charge < -0.3 is 5.73 Å². The lowest BCUT2D eigenvalue weighted by molar-refractivity contribution is 0.740. The Kier molecular flexibility index (Phi) is 3.51. The molecule has 0 aliphatic heterocycles. The third kappa shape index (κ3) is 2.50. The third-order valence-electron chi connectivity index (χ3n) is 3.16. The second-order valence-corrected chi connectivity index (χ2v) is 5.79. The van der Waals surface area contributed by atoms with Crippen molar-refractivity contribution in [2.75, 3.05) is 0 Å². The summed E-state index contributed by atoms with van der Waals surface area (Å²) < 4.78 is 0. The summed E-state index contributed by atoms with van der Waals surface area (Å²) in [5.41, 5.74) is 8.48. The summed E-state index contributed by atoms with van der Waals surface area (Å²) in [6, 6.07) is 12.0. The molecule has 0 aliphatic carbocycles. The highest BCUT2D eigenvalue weighted by atomic mass is 35.5. The molecular formula is C15H13ClN2S. The van der Waals surface area contributed by atoms with Crippen LogP contribution in [0, 0.1) is 0 Å². The molecule has 0 saturated heterocycles. The largest absolute Gasteiger partial charge is 0.323 e. The summed E-state index contributed by atoms with van der Waals surface area (Å²) in [5, 5.41) is 3.89. The van der Waals surface area contributed by atoms with E-state index >= 15 is 0 Å². The van der Waals surface area contributed by atoms with Gasteiger partial charge in [-0.15, -0.1) is 11.3 Å². The zero-order chi connectivity index (χ0) is 13.2. The van der Waals surface area contributed by atoms with Crippen molar-refractivity contribution in [2.24, 2.45) is 5.73 Å². The number of hydrogen-bond acceptors (Lipinski definition) is 3. The van der Waals surface area contributed by atoms with Gasteiger partial charge in [0, 0.05) is 22.5 Å². The molecule has 19 heavy (non-hydrogen) atoms. The van der Waals surface area contributed by atoms with Crippen LogP contribution in [0.3, 0.4) is 0 Å². The van der Waals surface area contributed by atoms with Gasteiger partial charge in [0.25, 0.3) is 0 Å². The number of hydrogen-bond donors (Lipinski definition) is 1. The first kappa shape index (κ1) is 12.6. The number of nitrogens with two attached hydrogens (primary N) is 1. The second-order valence-electron chi connectivity index (χ2n) is 4.43. The lowest BCUT2D eigenvalue weighted by atomic mass is 10.0. The Hall–Kier alpha value is -1.42. The standard InChI is InChI=1S/C15H13ClN2S/c16-12-6-8-19-15(12)13(17)9-10-5-7-18-14-4-2-1-3-11(10)14/h1-8,13H,9,17H2. The minimum atomic E-state index is -0.0710. The summed E-state index contributed by atoms with van der Waals surface area (Å²) in [7, 11) is 0. The maximum absolute atomic E-state index is 6.27. The molecule has 4 heteroatoms. The number of benzene rings is 1.